The smallest absolute Gasteiger partial charge is 1.00 e. The first-order chi connectivity index (χ1) is 3.98. The Labute approximate surface area is 82.9 Å². The molecule has 2 N–H and O–H groups in total. The van der Waals surface area contributed by atoms with E-state index in [4.69, 9.17) is 10.00 Å². The van der Waals surface area contributed by atoms with Gasteiger partial charge >= 0.3 is 35.5 Å². The summed E-state index contributed by atoms with van der Waals surface area (Å²) in [5.74, 6) is -1.22. The van der Waals surface area contributed by atoms with Crippen molar-refractivity contribution in [3.8, 4) is 0 Å². The average Bonchev–Trinajstić information content (AvgIpc) is 1.63. The van der Waals surface area contributed by atoms with Crippen molar-refractivity contribution in [2.75, 3.05) is 12.3 Å². The van der Waals surface area contributed by atoms with E-state index in [2.05, 4.69) is 0 Å². The minimum absolute atomic E-state index is 0. The third-order valence-corrected chi connectivity index (χ3v) is 2.63. The molecule has 10 heavy (non-hydrogen) atoms. The topological polar surface area (TPSA) is 74.6 Å². The van der Waals surface area contributed by atoms with E-state index in [0.29, 0.717) is 0 Å². The van der Waals surface area contributed by atoms with Crippen LogP contribution in [0.5, 0.6) is 0 Å². The Morgan fingerprint density at radius 1 is 1.70 bits per heavy atom. The summed E-state index contributed by atoms with van der Waals surface area (Å²) in [5, 5.41) is 8.05. The molecule has 0 radical (unpaired) electrons. The maximum atomic E-state index is 10.6. The fraction of sp³-hybridized carbons (Fsp3) is 0.750. The SMILES string of the molecule is CCP(=O)(O)CC(=O)O.[H-].[Na+]. The molecule has 0 aliphatic heterocycles. The van der Waals surface area contributed by atoms with E-state index < -0.39 is 19.5 Å². The van der Waals surface area contributed by atoms with Crippen molar-refractivity contribution in [3.63, 3.8) is 0 Å². The van der Waals surface area contributed by atoms with Crippen molar-refractivity contribution in [2.45, 2.75) is 6.92 Å². The van der Waals surface area contributed by atoms with Gasteiger partial charge in [0.15, 0.2) is 0 Å². The van der Waals surface area contributed by atoms with Crippen LogP contribution in [0.15, 0.2) is 0 Å². The van der Waals surface area contributed by atoms with E-state index in [9.17, 15) is 9.36 Å². The van der Waals surface area contributed by atoms with E-state index in [0.717, 1.165) is 0 Å². The second kappa shape index (κ2) is 5.33. The molecule has 0 aromatic heterocycles. The van der Waals surface area contributed by atoms with Gasteiger partial charge in [-0.25, -0.2) is 0 Å². The Bertz CT molecular complexity index is 162. The van der Waals surface area contributed by atoms with E-state index in [1.54, 1.807) is 0 Å². The molecule has 56 valence electrons. The minimum atomic E-state index is -3.33. The number of carbonyl (C=O) groups is 1. The summed E-state index contributed by atoms with van der Waals surface area (Å²) in [7, 11) is -3.33. The Morgan fingerprint density at radius 3 is 2.20 bits per heavy atom. The Hall–Kier alpha value is 0.660. The molecule has 0 saturated heterocycles. The van der Waals surface area contributed by atoms with Crippen LogP contribution in [0.3, 0.4) is 0 Å². The predicted octanol–water partition coefficient (Wildman–Crippen LogP) is -2.52. The molecular formula is C4H10NaO4P. The van der Waals surface area contributed by atoms with Gasteiger partial charge in [-0.3, -0.25) is 9.36 Å². The molecule has 0 fully saturated rings. The van der Waals surface area contributed by atoms with Crippen molar-refractivity contribution in [1.29, 1.82) is 0 Å². The number of carboxylic acid groups (broad SMARTS) is 1. The van der Waals surface area contributed by atoms with Crippen LogP contribution in [0.1, 0.15) is 8.35 Å². The van der Waals surface area contributed by atoms with Crippen LogP contribution < -0.4 is 29.6 Å². The summed E-state index contributed by atoms with van der Waals surface area (Å²) in [4.78, 5) is 18.5. The second-order valence-electron chi connectivity index (χ2n) is 1.71. The summed E-state index contributed by atoms with van der Waals surface area (Å²) >= 11 is 0. The zero-order valence-corrected chi connectivity index (χ0v) is 8.97. The van der Waals surface area contributed by atoms with Crippen molar-refractivity contribution in [3.05, 3.63) is 0 Å². The normalized spacial score (nSPS) is 15.0. The van der Waals surface area contributed by atoms with Gasteiger partial charge in [0.1, 0.15) is 6.16 Å². The molecule has 6 heteroatoms. The first-order valence-corrected chi connectivity index (χ1v) is 4.53. The quantitative estimate of drug-likeness (QED) is 0.367. The van der Waals surface area contributed by atoms with Crippen molar-refractivity contribution < 1.29 is 50.3 Å². The molecule has 0 spiro atoms. The van der Waals surface area contributed by atoms with Gasteiger partial charge in [-0.05, 0) is 0 Å². The molecule has 0 rings (SSSR count). The predicted molar refractivity (Wildman–Crippen MR) is 34.0 cm³/mol. The molecule has 4 nitrogen and oxygen atoms in total. The zero-order valence-electron chi connectivity index (χ0n) is 7.07. The number of hydrogen-bond acceptors (Lipinski definition) is 2. The van der Waals surface area contributed by atoms with Crippen molar-refractivity contribution in [2.24, 2.45) is 0 Å². The first kappa shape index (κ1) is 13.3. The van der Waals surface area contributed by atoms with Crippen LogP contribution in [0.25, 0.3) is 0 Å². The molecule has 0 aliphatic rings. The summed E-state index contributed by atoms with van der Waals surface area (Å²) in [5.41, 5.74) is 0. The molecule has 1 atom stereocenters. The Kier molecular flexibility index (Phi) is 7.07. The number of hydrogen-bond donors (Lipinski definition) is 2. The van der Waals surface area contributed by atoms with E-state index in [-0.39, 0.29) is 37.1 Å². The molecule has 0 bridgehead atoms. The zero-order chi connectivity index (χ0) is 7.49. The van der Waals surface area contributed by atoms with Gasteiger partial charge in [-0.15, -0.1) is 0 Å². The number of rotatable bonds is 3. The van der Waals surface area contributed by atoms with Crippen molar-refractivity contribution >= 4 is 13.3 Å². The fourth-order valence-electron chi connectivity index (χ4n) is 0.323. The largest absolute Gasteiger partial charge is 1.00 e. The summed E-state index contributed by atoms with van der Waals surface area (Å²) < 4.78 is 10.6. The van der Waals surface area contributed by atoms with Crippen LogP contribution in [0.2, 0.25) is 0 Å². The van der Waals surface area contributed by atoms with Crippen molar-refractivity contribution in [1.82, 2.24) is 0 Å². The standard InChI is InChI=1S/C4H9O4P.Na.H/c1-2-9(7,8)3-4(5)6;;/h2-3H2,1H3,(H,5,6)(H,7,8);;/q;+1;-1. The number of aliphatic carboxylic acids is 1. The Morgan fingerprint density at radius 2 is 2.10 bits per heavy atom. The van der Waals surface area contributed by atoms with Crippen LogP contribution in [-0.2, 0) is 9.36 Å². The van der Waals surface area contributed by atoms with Gasteiger partial charge in [0, 0.05) is 6.16 Å². The molecule has 0 saturated carbocycles. The van der Waals surface area contributed by atoms with Gasteiger partial charge in [0.25, 0.3) is 0 Å². The number of carboxylic acids is 1. The molecule has 0 aromatic rings. The molecular weight excluding hydrogens is 166 g/mol. The summed E-state index contributed by atoms with van der Waals surface area (Å²) in [6.07, 6.45) is -0.594. The summed E-state index contributed by atoms with van der Waals surface area (Å²) in [6, 6.07) is 0. The summed E-state index contributed by atoms with van der Waals surface area (Å²) in [6.45, 7) is 1.49. The molecule has 0 aliphatic carbocycles. The van der Waals surface area contributed by atoms with Gasteiger partial charge in [0.2, 0.25) is 7.37 Å². The Balaban J connectivity index is -0.000000320. The van der Waals surface area contributed by atoms with Gasteiger partial charge in [-0.1, -0.05) is 6.92 Å². The van der Waals surface area contributed by atoms with Crippen LogP contribution >= 0.6 is 7.37 Å². The van der Waals surface area contributed by atoms with E-state index >= 15 is 0 Å². The third kappa shape index (κ3) is 6.78. The first-order valence-electron chi connectivity index (χ1n) is 2.50. The second-order valence-corrected chi connectivity index (χ2v) is 4.36. The average molecular weight is 176 g/mol. The monoisotopic (exact) mass is 176 g/mol. The van der Waals surface area contributed by atoms with Crippen LogP contribution in [0, 0.1) is 0 Å². The maximum absolute atomic E-state index is 10.6. The molecule has 0 amide bonds. The van der Waals surface area contributed by atoms with Crippen LogP contribution in [0.4, 0.5) is 0 Å². The van der Waals surface area contributed by atoms with Crippen LogP contribution in [-0.4, -0.2) is 28.3 Å². The van der Waals surface area contributed by atoms with Gasteiger partial charge < -0.3 is 11.4 Å². The molecule has 0 heterocycles. The van der Waals surface area contributed by atoms with E-state index in [1.165, 1.54) is 6.92 Å². The fourth-order valence-corrected chi connectivity index (χ4v) is 0.969. The van der Waals surface area contributed by atoms with E-state index in [1.807, 2.05) is 0 Å². The third-order valence-electron chi connectivity index (χ3n) is 0.876. The van der Waals surface area contributed by atoms with Gasteiger partial charge in [-0.2, -0.15) is 0 Å². The van der Waals surface area contributed by atoms with Gasteiger partial charge in [0.05, 0.1) is 0 Å². The minimum Gasteiger partial charge on any atom is -1.00 e. The maximum Gasteiger partial charge on any atom is 1.00 e. The molecule has 0 aromatic carbocycles. The molecule has 1 unspecified atom stereocenters.